The highest BCUT2D eigenvalue weighted by Gasteiger charge is 2.51. The quantitative estimate of drug-likeness (QED) is 0.645. The van der Waals surface area contributed by atoms with Crippen molar-refractivity contribution in [1.29, 1.82) is 5.26 Å². The van der Waals surface area contributed by atoms with E-state index in [-0.39, 0.29) is 19.5 Å². The molecule has 0 unspecified atom stereocenters. The molecule has 154 valence electrons. The van der Waals surface area contributed by atoms with Gasteiger partial charge in [0.05, 0.1) is 11.0 Å². The van der Waals surface area contributed by atoms with Crippen molar-refractivity contribution < 1.29 is 15.7 Å². The van der Waals surface area contributed by atoms with E-state index in [1.807, 2.05) is 36.4 Å². The van der Waals surface area contributed by atoms with Crippen LogP contribution in [0.3, 0.4) is 0 Å². The Morgan fingerprint density at radius 1 is 1.17 bits per heavy atom. The van der Waals surface area contributed by atoms with E-state index in [1.165, 1.54) is 0 Å². The number of benzene rings is 2. The van der Waals surface area contributed by atoms with Crippen LogP contribution in [0.15, 0.2) is 36.4 Å². The molecule has 0 bridgehead atoms. The van der Waals surface area contributed by atoms with Gasteiger partial charge in [-0.2, -0.15) is 5.26 Å². The zero-order valence-electron chi connectivity index (χ0n) is 17.3. The molecule has 1 amide bonds. The lowest BCUT2D eigenvalue weighted by Crippen LogP contribution is -2.27. The average Bonchev–Trinajstić information content (AvgIpc) is 3.24. The van der Waals surface area contributed by atoms with Gasteiger partial charge in [-0.05, 0) is 48.7 Å². The van der Waals surface area contributed by atoms with Crippen LogP contribution in [-0.4, -0.2) is 17.7 Å². The molecule has 0 radical (unpaired) electrons. The van der Waals surface area contributed by atoms with Crippen LogP contribution in [0.25, 0.3) is 10.9 Å². The highest BCUT2D eigenvalue weighted by Crippen LogP contribution is 2.51. The average molecular weight is 403 g/mol. The molecule has 0 saturated heterocycles. The lowest BCUT2D eigenvalue weighted by atomic mass is 9.89. The minimum atomic E-state index is -0.539. The number of carbonyl (C=O) groups excluding carboxylic acids is 1. The maximum Gasteiger partial charge on any atom is 0.235 e. The van der Waals surface area contributed by atoms with Gasteiger partial charge in [0.2, 0.25) is 12.7 Å². The molecule has 1 aliphatic carbocycles. The molecule has 1 aliphatic heterocycles. The maximum absolute atomic E-state index is 13.2. The Morgan fingerprint density at radius 2 is 1.93 bits per heavy atom. The van der Waals surface area contributed by atoms with E-state index >= 15 is 0 Å². The molecule has 1 fully saturated rings. The summed E-state index contributed by atoms with van der Waals surface area (Å²) in [5, 5.41) is 13.6. The van der Waals surface area contributed by atoms with Gasteiger partial charge in [0, 0.05) is 29.1 Å². The van der Waals surface area contributed by atoms with Crippen LogP contribution >= 0.6 is 0 Å². The third-order valence-electron chi connectivity index (χ3n) is 6.03. The van der Waals surface area contributed by atoms with Crippen LogP contribution in [0.4, 0.5) is 5.69 Å². The second-order valence-corrected chi connectivity index (χ2v) is 9.10. The summed E-state index contributed by atoms with van der Waals surface area (Å²) in [4.78, 5) is 16.6. The summed E-state index contributed by atoms with van der Waals surface area (Å²) in [5.41, 5.74) is 3.35. The number of ether oxygens (including phenoxy) is 2. The van der Waals surface area contributed by atoms with Crippen LogP contribution in [0.5, 0.6) is 11.5 Å². The van der Waals surface area contributed by atoms with Crippen molar-refractivity contribution in [3.63, 3.8) is 0 Å². The SMILES string of the molecule is CC(C)(C)c1[nH]c2ccc(NC(=O)C3(c4ccc5c(c4)OCO5)CC3)cc2c1C#N.[HH]. The molecule has 2 aromatic carbocycles. The van der Waals surface area contributed by atoms with Crippen molar-refractivity contribution >= 4 is 22.5 Å². The highest BCUT2D eigenvalue weighted by atomic mass is 16.7. The number of hydrogen-bond acceptors (Lipinski definition) is 4. The van der Waals surface area contributed by atoms with Gasteiger partial charge < -0.3 is 19.8 Å². The topological polar surface area (TPSA) is 87.1 Å². The smallest absolute Gasteiger partial charge is 0.235 e. The molecule has 6 heteroatoms. The number of nitrogens with one attached hydrogen (secondary N) is 2. The minimum Gasteiger partial charge on any atom is -0.454 e. The number of nitriles is 1. The molecule has 5 rings (SSSR count). The number of rotatable bonds is 3. The standard InChI is InChI=1S/C24H23N3O3.H2/c1-23(2,3)21-17(12-25)16-11-15(5-6-18(16)27-21)26-22(28)24(8-9-24)14-4-7-19-20(10-14)30-13-29-19;/h4-7,10-11,27H,8-9,13H2,1-3H3,(H,26,28);1H. The van der Waals surface area contributed by atoms with Gasteiger partial charge in [0.15, 0.2) is 11.5 Å². The van der Waals surface area contributed by atoms with E-state index in [0.717, 1.165) is 35.0 Å². The fourth-order valence-electron chi connectivity index (χ4n) is 4.17. The predicted molar refractivity (Wildman–Crippen MR) is 116 cm³/mol. The normalized spacial score (nSPS) is 16.3. The van der Waals surface area contributed by atoms with E-state index in [0.29, 0.717) is 22.7 Å². The van der Waals surface area contributed by atoms with Crippen molar-refractivity contribution in [1.82, 2.24) is 4.98 Å². The number of nitrogens with zero attached hydrogens (tertiary/aromatic N) is 1. The third kappa shape index (κ3) is 2.81. The van der Waals surface area contributed by atoms with Crippen molar-refractivity contribution in [3.05, 3.63) is 53.2 Å². The zero-order valence-corrected chi connectivity index (χ0v) is 17.3. The van der Waals surface area contributed by atoms with Crippen LogP contribution in [0, 0.1) is 11.3 Å². The third-order valence-corrected chi connectivity index (χ3v) is 6.03. The number of amides is 1. The molecule has 2 aliphatic rings. The fourth-order valence-corrected chi connectivity index (χ4v) is 4.17. The van der Waals surface area contributed by atoms with Crippen molar-refractivity contribution in [2.24, 2.45) is 0 Å². The van der Waals surface area contributed by atoms with Crippen LogP contribution in [-0.2, 0) is 15.6 Å². The van der Waals surface area contributed by atoms with Gasteiger partial charge in [-0.25, -0.2) is 0 Å². The molecular formula is C24H25N3O3. The second-order valence-electron chi connectivity index (χ2n) is 9.10. The fraction of sp³-hybridized carbons (Fsp3) is 0.333. The minimum absolute atomic E-state index is 0. The number of hydrogen-bond donors (Lipinski definition) is 2. The van der Waals surface area contributed by atoms with Crippen LogP contribution < -0.4 is 14.8 Å². The first-order valence-electron chi connectivity index (χ1n) is 10.1. The van der Waals surface area contributed by atoms with Gasteiger partial charge in [-0.3, -0.25) is 4.79 Å². The summed E-state index contributed by atoms with van der Waals surface area (Å²) in [6.07, 6.45) is 1.59. The Morgan fingerprint density at radius 3 is 2.63 bits per heavy atom. The Balaban J connectivity index is 0.00000231. The lowest BCUT2D eigenvalue weighted by Gasteiger charge is -2.17. The van der Waals surface area contributed by atoms with Gasteiger partial charge in [-0.15, -0.1) is 0 Å². The predicted octanol–water partition coefficient (Wildman–Crippen LogP) is 4.98. The molecule has 1 aromatic heterocycles. The summed E-state index contributed by atoms with van der Waals surface area (Å²) >= 11 is 0. The molecule has 0 spiro atoms. The lowest BCUT2D eigenvalue weighted by molar-refractivity contribution is -0.118. The van der Waals surface area contributed by atoms with Gasteiger partial charge in [-0.1, -0.05) is 26.8 Å². The summed E-state index contributed by atoms with van der Waals surface area (Å²) in [6, 6.07) is 13.7. The van der Waals surface area contributed by atoms with E-state index < -0.39 is 5.41 Å². The monoisotopic (exact) mass is 403 g/mol. The van der Waals surface area contributed by atoms with E-state index in [2.05, 4.69) is 37.1 Å². The zero-order chi connectivity index (χ0) is 21.1. The maximum atomic E-state index is 13.2. The molecular weight excluding hydrogens is 378 g/mol. The molecule has 1 saturated carbocycles. The van der Waals surface area contributed by atoms with E-state index in [4.69, 9.17) is 9.47 Å². The molecule has 30 heavy (non-hydrogen) atoms. The number of anilines is 1. The highest BCUT2D eigenvalue weighted by molar-refractivity contribution is 6.03. The van der Waals surface area contributed by atoms with E-state index in [9.17, 15) is 10.1 Å². The second kappa shape index (κ2) is 6.27. The molecule has 2 N–H and O–H groups in total. The van der Waals surface area contributed by atoms with Crippen LogP contribution in [0.2, 0.25) is 0 Å². The molecule has 3 aromatic rings. The Labute approximate surface area is 176 Å². The first kappa shape index (κ1) is 18.6. The first-order chi connectivity index (χ1) is 14.3. The summed E-state index contributed by atoms with van der Waals surface area (Å²) in [5.74, 6) is 1.37. The van der Waals surface area contributed by atoms with Crippen molar-refractivity contribution in [2.45, 2.75) is 44.4 Å². The number of aromatic nitrogens is 1. The van der Waals surface area contributed by atoms with Crippen molar-refractivity contribution in [3.8, 4) is 17.6 Å². The molecule has 6 nitrogen and oxygen atoms in total. The summed E-state index contributed by atoms with van der Waals surface area (Å²) < 4.78 is 10.9. The van der Waals surface area contributed by atoms with Crippen molar-refractivity contribution in [2.75, 3.05) is 12.1 Å². The van der Waals surface area contributed by atoms with Gasteiger partial charge in [0.1, 0.15) is 6.07 Å². The van der Waals surface area contributed by atoms with Crippen LogP contribution in [0.1, 0.15) is 51.9 Å². The van der Waals surface area contributed by atoms with Gasteiger partial charge >= 0.3 is 0 Å². The Kier molecular flexibility index (Phi) is 3.88. The number of H-pyrrole nitrogens is 1. The first-order valence-corrected chi connectivity index (χ1v) is 10.1. The van der Waals surface area contributed by atoms with Gasteiger partial charge in [0.25, 0.3) is 0 Å². The largest absolute Gasteiger partial charge is 0.454 e. The number of carbonyl (C=O) groups is 1. The van der Waals surface area contributed by atoms with E-state index in [1.54, 1.807) is 0 Å². The summed E-state index contributed by atoms with van der Waals surface area (Å²) in [6.45, 7) is 6.43. The molecule has 2 heterocycles. The Bertz CT molecular complexity index is 1230. The Hall–Kier alpha value is -3.46. The number of fused-ring (bicyclic) bond motifs is 2. The summed E-state index contributed by atoms with van der Waals surface area (Å²) in [7, 11) is 0. The number of aromatic amines is 1. The molecule has 0 atom stereocenters.